The van der Waals surface area contributed by atoms with Crippen molar-refractivity contribution in [3.8, 4) is 0 Å². The van der Waals surface area contributed by atoms with Crippen LogP contribution in [0.4, 0.5) is 0 Å². The number of allylic oxidation sites excluding steroid dienone is 1. The van der Waals surface area contributed by atoms with Crippen LogP contribution < -0.4 is 0 Å². The van der Waals surface area contributed by atoms with Crippen LogP contribution in [-0.2, 0) is 21.1 Å². The first kappa shape index (κ1) is 29.4. The fourth-order valence-electron chi connectivity index (χ4n) is 0.204. The Labute approximate surface area is 93.5 Å². The van der Waals surface area contributed by atoms with E-state index in [-0.39, 0.29) is 35.9 Å². The Balaban J connectivity index is -0.0000000221. The molecule has 0 saturated carbocycles. The van der Waals surface area contributed by atoms with E-state index in [1.165, 1.54) is 6.42 Å². The molecule has 1 unspecified atom stereocenters. The summed E-state index contributed by atoms with van der Waals surface area (Å²) in [5.41, 5.74) is 0. The predicted molar refractivity (Wildman–Crippen MR) is 55.6 cm³/mol. The van der Waals surface area contributed by atoms with E-state index >= 15 is 0 Å². The van der Waals surface area contributed by atoms with Crippen molar-refractivity contribution in [1.82, 2.24) is 0 Å². The van der Waals surface area contributed by atoms with Gasteiger partial charge in [-0.25, -0.2) is 0 Å². The van der Waals surface area contributed by atoms with E-state index in [1.807, 2.05) is 6.08 Å². The van der Waals surface area contributed by atoms with Gasteiger partial charge in [0.25, 0.3) is 0 Å². The maximum atomic E-state index is 7.94. The Bertz CT molecular complexity index is 51.0. The summed E-state index contributed by atoms with van der Waals surface area (Å²) >= 11 is 0. The zero-order valence-corrected chi connectivity index (χ0v) is 9.77. The zero-order valence-electron chi connectivity index (χ0n) is 6.84. The predicted octanol–water partition coefficient (Wildman–Crippen LogP) is 3.44. The normalized spacial score (nSPS) is 8.33. The summed E-state index contributed by atoms with van der Waals surface area (Å²) in [5.74, 6) is 0. The van der Waals surface area contributed by atoms with Crippen LogP contribution in [0, 0.1) is 6.92 Å². The molecule has 0 rings (SSSR count). The molecule has 0 aromatic heterocycles. The van der Waals surface area contributed by atoms with Crippen molar-refractivity contribution >= 4 is 0 Å². The largest absolute Gasteiger partial charge is 0.426 e. The van der Waals surface area contributed by atoms with E-state index in [9.17, 15) is 0 Å². The molecule has 0 spiro atoms. The van der Waals surface area contributed by atoms with E-state index in [1.54, 1.807) is 6.92 Å². The van der Waals surface area contributed by atoms with Gasteiger partial charge in [-0.2, -0.15) is 0 Å². The summed E-state index contributed by atoms with van der Waals surface area (Å²) in [4.78, 5) is 0. The minimum atomic E-state index is -0.417. The summed E-state index contributed by atoms with van der Waals surface area (Å²) in [5, 5.41) is 7.94. The summed E-state index contributed by atoms with van der Waals surface area (Å²) in [6.45, 7) is 10.5. The van der Waals surface area contributed by atoms with Gasteiger partial charge >= 0.3 is 0 Å². The molecule has 0 aliphatic heterocycles. The second-order valence-electron chi connectivity index (χ2n) is 1.93. The molecule has 0 radical (unpaired) electrons. The second-order valence-corrected chi connectivity index (χ2v) is 1.93. The van der Waals surface area contributed by atoms with Crippen molar-refractivity contribution in [2.24, 2.45) is 0 Å². The topological polar surface area (TPSA) is 20.2 Å². The van der Waals surface area contributed by atoms with E-state index in [2.05, 4.69) is 20.4 Å². The smallest absolute Gasteiger partial charge is 0 e. The quantitative estimate of drug-likeness (QED) is 0.601. The molecule has 0 aliphatic carbocycles. The monoisotopic (exact) mass is 345 g/mol. The number of hydrogen-bond acceptors (Lipinski definition) is 1. The first-order valence-electron chi connectivity index (χ1n) is 3.27. The van der Waals surface area contributed by atoms with E-state index in [0.29, 0.717) is 0 Å². The number of unbranched alkanes of at least 4 members (excludes halogenated alkanes) is 1. The Kier molecular flexibility index (Phi) is 73.9. The molecule has 12 heavy (non-hydrogen) atoms. The molecule has 0 amide bonds. The molecule has 1 N–H and O–H groups in total. The van der Waals surface area contributed by atoms with Crippen LogP contribution in [-0.4, -0.2) is 11.2 Å². The Hall–Kier alpha value is 0.388. The molecule has 0 heterocycles. The van der Waals surface area contributed by atoms with Gasteiger partial charge in [-0.3, -0.25) is 0 Å². The summed E-state index contributed by atoms with van der Waals surface area (Å²) in [6, 6.07) is 0. The van der Waals surface area contributed by atoms with Crippen LogP contribution in [0.5, 0.6) is 0 Å². The molecular formula is C10H25OW-. The zero-order chi connectivity index (χ0) is 7.70. The van der Waals surface area contributed by atoms with Gasteiger partial charge in [0.15, 0.2) is 0 Å². The Morgan fingerprint density at radius 3 is 1.75 bits per heavy atom. The fourth-order valence-corrected chi connectivity index (χ4v) is 0.204. The molecule has 1 nitrogen and oxygen atoms in total. The number of aliphatic hydroxyl groups is 1. The third-order valence-electron chi connectivity index (χ3n) is 0.493. The SMILES string of the molecule is C.C.C=CCCC.[CH2-]C(C)O.[W]. The number of aliphatic hydroxyl groups excluding tert-OH is 1. The minimum Gasteiger partial charge on any atom is -0.426 e. The van der Waals surface area contributed by atoms with Gasteiger partial charge in [0.2, 0.25) is 0 Å². The molecule has 0 saturated heterocycles. The van der Waals surface area contributed by atoms with Crippen LogP contribution in [0.2, 0.25) is 0 Å². The Morgan fingerprint density at radius 1 is 1.50 bits per heavy atom. The molecule has 0 bridgehead atoms. The van der Waals surface area contributed by atoms with Gasteiger partial charge in [0, 0.05) is 21.1 Å². The minimum absolute atomic E-state index is 0. The third-order valence-corrected chi connectivity index (χ3v) is 0.493. The maximum Gasteiger partial charge on any atom is 0 e. The number of hydrogen-bond donors (Lipinski definition) is 1. The van der Waals surface area contributed by atoms with Crippen molar-refractivity contribution in [3.63, 3.8) is 0 Å². The number of rotatable bonds is 2. The molecule has 0 aromatic rings. The molecule has 0 fully saturated rings. The molecule has 78 valence electrons. The first-order chi connectivity index (χ1) is 4.15. The van der Waals surface area contributed by atoms with Gasteiger partial charge in [0.1, 0.15) is 0 Å². The van der Waals surface area contributed by atoms with Crippen LogP contribution in [0.1, 0.15) is 41.5 Å². The molecular weight excluding hydrogens is 320 g/mol. The molecule has 0 aliphatic rings. The van der Waals surface area contributed by atoms with Gasteiger partial charge in [0.05, 0.1) is 0 Å². The van der Waals surface area contributed by atoms with Crippen LogP contribution in [0.3, 0.4) is 0 Å². The summed E-state index contributed by atoms with van der Waals surface area (Å²) < 4.78 is 0. The van der Waals surface area contributed by atoms with Crippen LogP contribution in [0.25, 0.3) is 0 Å². The third kappa shape index (κ3) is 161. The molecule has 1 atom stereocenters. The van der Waals surface area contributed by atoms with Crippen molar-refractivity contribution in [3.05, 3.63) is 19.6 Å². The first-order valence-corrected chi connectivity index (χ1v) is 3.27. The van der Waals surface area contributed by atoms with E-state index < -0.39 is 6.10 Å². The summed E-state index contributed by atoms with van der Waals surface area (Å²) in [6.07, 6.45) is 3.89. The average molecular weight is 345 g/mol. The maximum absolute atomic E-state index is 7.94. The van der Waals surface area contributed by atoms with E-state index in [4.69, 9.17) is 5.11 Å². The fraction of sp³-hybridized carbons (Fsp3) is 0.700. The van der Waals surface area contributed by atoms with Crippen molar-refractivity contribution in [2.45, 2.75) is 47.6 Å². The second kappa shape index (κ2) is 30.1. The van der Waals surface area contributed by atoms with Gasteiger partial charge in [-0.1, -0.05) is 47.3 Å². The van der Waals surface area contributed by atoms with Crippen LogP contribution in [0.15, 0.2) is 12.7 Å². The summed E-state index contributed by atoms with van der Waals surface area (Å²) in [7, 11) is 0. The van der Waals surface area contributed by atoms with E-state index in [0.717, 1.165) is 6.42 Å². The van der Waals surface area contributed by atoms with Gasteiger partial charge in [-0.05, 0) is 6.42 Å². The molecule has 0 aromatic carbocycles. The van der Waals surface area contributed by atoms with Crippen molar-refractivity contribution in [1.29, 1.82) is 0 Å². The van der Waals surface area contributed by atoms with Gasteiger partial charge in [-0.15, -0.1) is 6.58 Å². The van der Waals surface area contributed by atoms with Crippen LogP contribution >= 0.6 is 0 Å². The standard InChI is InChI=1S/C5H10.C3H7O.2CH4.W/c1-3-5-4-2;1-3(2)4;;;/h3H,1,4-5H2,2H3;3-4H,1H2,2H3;2*1H4;/q;-1;;;. The Morgan fingerprint density at radius 2 is 1.75 bits per heavy atom. The van der Waals surface area contributed by atoms with Crippen molar-refractivity contribution in [2.75, 3.05) is 0 Å². The average Bonchev–Trinajstić information content (AvgIpc) is 1.66. The van der Waals surface area contributed by atoms with Gasteiger partial charge < -0.3 is 12.0 Å². The molecule has 2 heteroatoms. The van der Waals surface area contributed by atoms with Crippen molar-refractivity contribution < 1.29 is 26.2 Å².